The number of nitrogens with zero attached hydrogens (tertiary/aromatic N) is 1. The topological polar surface area (TPSA) is 42.2 Å². The third kappa shape index (κ3) is 2.86. The number of hydrogen-bond acceptors (Lipinski definition) is 3. The van der Waals surface area contributed by atoms with Gasteiger partial charge in [0, 0.05) is 0 Å². The van der Waals surface area contributed by atoms with Gasteiger partial charge in [0.05, 0.1) is 18.7 Å². The highest BCUT2D eigenvalue weighted by molar-refractivity contribution is 5.48. The predicted molar refractivity (Wildman–Crippen MR) is 73.7 cm³/mol. The van der Waals surface area contributed by atoms with Crippen molar-refractivity contribution in [2.24, 2.45) is 0 Å². The Bertz CT molecular complexity index is 642. The third-order valence-corrected chi connectivity index (χ3v) is 2.84. The smallest absolute Gasteiger partial charge is 0.169 e. The number of hydrogen-bond donors (Lipinski definition) is 0. The summed E-state index contributed by atoms with van der Waals surface area (Å²) in [6.45, 7) is 3.91. The Morgan fingerprint density at radius 1 is 0.947 bits per heavy atom. The number of ether oxygens (including phenoxy) is 2. The highest BCUT2D eigenvalue weighted by Gasteiger charge is 2.08. The van der Waals surface area contributed by atoms with Gasteiger partial charge in [0.15, 0.2) is 11.5 Å². The van der Waals surface area contributed by atoms with Crippen molar-refractivity contribution in [3.05, 3.63) is 53.1 Å². The van der Waals surface area contributed by atoms with Crippen molar-refractivity contribution >= 4 is 0 Å². The highest BCUT2D eigenvalue weighted by Crippen LogP contribution is 2.33. The maximum absolute atomic E-state index is 8.84. The first-order valence-corrected chi connectivity index (χ1v) is 5.97. The molecule has 2 rings (SSSR count). The van der Waals surface area contributed by atoms with Crippen LogP contribution in [-0.4, -0.2) is 7.11 Å². The SMILES string of the molecule is COc1cc(C)ccc1Oc1ccc(C#N)cc1C. The first kappa shape index (κ1) is 13.0. The lowest BCUT2D eigenvalue weighted by Crippen LogP contribution is -1.93. The fourth-order valence-electron chi connectivity index (χ4n) is 1.81. The van der Waals surface area contributed by atoms with Crippen LogP contribution in [0.1, 0.15) is 16.7 Å². The van der Waals surface area contributed by atoms with Crippen LogP contribution in [0.5, 0.6) is 17.2 Å². The van der Waals surface area contributed by atoms with Crippen molar-refractivity contribution in [2.75, 3.05) is 7.11 Å². The highest BCUT2D eigenvalue weighted by atomic mass is 16.5. The number of methoxy groups -OCH3 is 1. The van der Waals surface area contributed by atoms with Gasteiger partial charge >= 0.3 is 0 Å². The lowest BCUT2D eigenvalue weighted by atomic mass is 10.1. The molecule has 0 spiro atoms. The molecule has 0 aliphatic carbocycles. The first-order chi connectivity index (χ1) is 9.13. The lowest BCUT2D eigenvalue weighted by molar-refractivity contribution is 0.378. The molecule has 0 aliphatic rings. The van der Waals surface area contributed by atoms with Gasteiger partial charge in [-0.1, -0.05) is 6.07 Å². The van der Waals surface area contributed by atoms with Crippen molar-refractivity contribution in [3.63, 3.8) is 0 Å². The van der Waals surface area contributed by atoms with Crippen molar-refractivity contribution in [3.8, 4) is 23.3 Å². The Kier molecular flexibility index (Phi) is 3.72. The van der Waals surface area contributed by atoms with E-state index in [4.69, 9.17) is 14.7 Å². The third-order valence-electron chi connectivity index (χ3n) is 2.84. The predicted octanol–water partition coefficient (Wildman–Crippen LogP) is 3.98. The van der Waals surface area contributed by atoms with E-state index in [1.165, 1.54) is 0 Å². The van der Waals surface area contributed by atoms with Crippen LogP contribution in [0.3, 0.4) is 0 Å². The van der Waals surface area contributed by atoms with E-state index in [1.54, 1.807) is 25.3 Å². The van der Waals surface area contributed by atoms with Gasteiger partial charge in [0.1, 0.15) is 5.75 Å². The molecule has 0 fully saturated rings. The van der Waals surface area contributed by atoms with Crippen molar-refractivity contribution in [1.82, 2.24) is 0 Å². The van der Waals surface area contributed by atoms with Gasteiger partial charge in [-0.05, 0) is 55.3 Å². The zero-order valence-corrected chi connectivity index (χ0v) is 11.2. The summed E-state index contributed by atoms with van der Waals surface area (Å²) >= 11 is 0. The van der Waals surface area contributed by atoms with Crippen LogP contribution in [0.2, 0.25) is 0 Å². The van der Waals surface area contributed by atoms with Gasteiger partial charge in [-0.25, -0.2) is 0 Å². The molecular formula is C16H15NO2. The van der Waals surface area contributed by atoms with Gasteiger partial charge in [0.2, 0.25) is 0 Å². The van der Waals surface area contributed by atoms with E-state index in [-0.39, 0.29) is 0 Å². The van der Waals surface area contributed by atoms with Gasteiger partial charge in [-0.2, -0.15) is 5.26 Å². The molecule has 0 aliphatic heterocycles. The van der Waals surface area contributed by atoms with Gasteiger partial charge < -0.3 is 9.47 Å². The molecule has 0 heterocycles. The van der Waals surface area contributed by atoms with E-state index in [2.05, 4.69) is 6.07 Å². The van der Waals surface area contributed by atoms with Crippen molar-refractivity contribution < 1.29 is 9.47 Å². The molecule has 96 valence electrons. The average molecular weight is 253 g/mol. The Morgan fingerprint density at radius 3 is 2.32 bits per heavy atom. The first-order valence-electron chi connectivity index (χ1n) is 5.97. The molecule has 0 amide bonds. The molecule has 0 radical (unpaired) electrons. The minimum Gasteiger partial charge on any atom is -0.493 e. The summed E-state index contributed by atoms with van der Waals surface area (Å²) < 4.78 is 11.2. The molecule has 2 aromatic rings. The van der Waals surface area contributed by atoms with Crippen molar-refractivity contribution in [1.29, 1.82) is 5.26 Å². The molecule has 0 saturated carbocycles. The van der Waals surface area contributed by atoms with Crippen LogP contribution in [0.25, 0.3) is 0 Å². The van der Waals surface area contributed by atoms with Gasteiger partial charge in [0.25, 0.3) is 0 Å². The van der Waals surface area contributed by atoms with Gasteiger partial charge in [-0.3, -0.25) is 0 Å². The zero-order valence-electron chi connectivity index (χ0n) is 11.2. The second-order valence-electron chi connectivity index (χ2n) is 4.35. The largest absolute Gasteiger partial charge is 0.493 e. The normalized spacial score (nSPS) is 9.79. The van der Waals surface area contributed by atoms with E-state index in [9.17, 15) is 0 Å². The number of nitriles is 1. The van der Waals surface area contributed by atoms with E-state index < -0.39 is 0 Å². The maximum Gasteiger partial charge on any atom is 0.169 e. The number of benzene rings is 2. The molecule has 3 heteroatoms. The summed E-state index contributed by atoms with van der Waals surface area (Å²) in [5.74, 6) is 2.09. The molecule has 0 bridgehead atoms. The number of aryl methyl sites for hydroxylation is 2. The second-order valence-corrected chi connectivity index (χ2v) is 4.35. The fraction of sp³-hybridized carbons (Fsp3) is 0.188. The van der Waals surface area contributed by atoms with Crippen LogP contribution in [0.15, 0.2) is 36.4 Å². The molecule has 3 nitrogen and oxygen atoms in total. The molecule has 0 unspecified atom stereocenters. The van der Waals surface area contributed by atoms with Gasteiger partial charge in [-0.15, -0.1) is 0 Å². The second kappa shape index (κ2) is 5.45. The molecule has 0 N–H and O–H groups in total. The summed E-state index contributed by atoms with van der Waals surface area (Å²) in [5, 5.41) is 8.84. The fourth-order valence-corrected chi connectivity index (χ4v) is 1.81. The summed E-state index contributed by atoms with van der Waals surface area (Å²) in [6.07, 6.45) is 0. The summed E-state index contributed by atoms with van der Waals surface area (Å²) in [5.41, 5.74) is 2.66. The lowest BCUT2D eigenvalue weighted by Gasteiger charge is -2.12. The molecule has 0 aromatic heterocycles. The Morgan fingerprint density at radius 2 is 1.68 bits per heavy atom. The maximum atomic E-state index is 8.84. The minimum absolute atomic E-state index is 0.626. The quantitative estimate of drug-likeness (QED) is 0.831. The van der Waals surface area contributed by atoms with Crippen LogP contribution in [0.4, 0.5) is 0 Å². The molecule has 19 heavy (non-hydrogen) atoms. The zero-order chi connectivity index (χ0) is 13.8. The van der Waals surface area contributed by atoms with Crippen LogP contribution >= 0.6 is 0 Å². The van der Waals surface area contributed by atoms with E-state index in [0.717, 1.165) is 16.9 Å². The van der Waals surface area contributed by atoms with E-state index in [1.807, 2.05) is 32.0 Å². The molecule has 0 atom stereocenters. The monoisotopic (exact) mass is 253 g/mol. The Balaban J connectivity index is 2.34. The Hall–Kier alpha value is -2.47. The van der Waals surface area contributed by atoms with Crippen LogP contribution in [-0.2, 0) is 0 Å². The molecule has 0 saturated heterocycles. The van der Waals surface area contributed by atoms with Crippen LogP contribution in [0, 0.1) is 25.2 Å². The van der Waals surface area contributed by atoms with E-state index >= 15 is 0 Å². The summed E-state index contributed by atoms with van der Waals surface area (Å²) in [7, 11) is 1.62. The summed E-state index contributed by atoms with van der Waals surface area (Å²) in [4.78, 5) is 0. The van der Waals surface area contributed by atoms with E-state index in [0.29, 0.717) is 17.1 Å². The molecule has 2 aromatic carbocycles. The molecular weight excluding hydrogens is 238 g/mol. The summed E-state index contributed by atoms with van der Waals surface area (Å²) in [6, 6.07) is 13.2. The average Bonchev–Trinajstić information content (AvgIpc) is 2.42. The number of rotatable bonds is 3. The van der Waals surface area contributed by atoms with Crippen LogP contribution < -0.4 is 9.47 Å². The van der Waals surface area contributed by atoms with Crippen molar-refractivity contribution in [2.45, 2.75) is 13.8 Å². The standard InChI is InChI=1S/C16H15NO2/c1-11-4-6-15(16(8-11)18-3)19-14-7-5-13(10-17)9-12(14)2/h4-9H,1-3H3. The Labute approximate surface area is 113 Å². The minimum atomic E-state index is 0.626.